The summed E-state index contributed by atoms with van der Waals surface area (Å²) in [4.78, 5) is 46.2. The minimum Gasteiger partial charge on any atom is -0.480 e. The first-order chi connectivity index (χ1) is 11.8. The van der Waals surface area contributed by atoms with Crippen LogP contribution in [0.4, 0.5) is 0 Å². The van der Waals surface area contributed by atoms with Crippen molar-refractivity contribution in [2.75, 3.05) is 31.8 Å². The predicted molar refractivity (Wildman–Crippen MR) is 89.7 cm³/mol. The zero-order valence-corrected chi connectivity index (χ0v) is 14.5. The highest BCUT2D eigenvalue weighted by Gasteiger charge is 2.26. The third-order valence-electron chi connectivity index (χ3n) is 3.02. The fourth-order valence-electron chi connectivity index (χ4n) is 1.59. The van der Waals surface area contributed by atoms with Gasteiger partial charge < -0.3 is 37.0 Å². The lowest BCUT2D eigenvalue weighted by Crippen LogP contribution is -2.54. The first-order valence-electron chi connectivity index (χ1n) is 7.33. The molecule has 8 N–H and O–H groups in total. The molecule has 0 rings (SSSR count). The molecule has 0 radical (unpaired) electrons. The molecule has 0 aromatic heterocycles. The van der Waals surface area contributed by atoms with E-state index >= 15 is 0 Å². The Hall–Kier alpha value is -1.89. The van der Waals surface area contributed by atoms with E-state index in [2.05, 4.69) is 16.0 Å². The smallest absolute Gasteiger partial charge is 0.328 e. The maximum Gasteiger partial charge on any atom is 0.328 e. The fourth-order valence-corrected chi connectivity index (χ4v) is 2.06. The van der Waals surface area contributed by atoms with Crippen molar-refractivity contribution < 1.29 is 34.5 Å². The second-order valence-corrected chi connectivity index (χ2v) is 5.98. The molecule has 25 heavy (non-hydrogen) atoms. The van der Waals surface area contributed by atoms with E-state index in [4.69, 9.17) is 21.1 Å². The van der Waals surface area contributed by atoms with Gasteiger partial charge >= 0.3 is 5.97 Å². The van der Waals surface area contributed by atoms with Crippen LogP contribution >= 0.6 is 11.8 Å². The summed E-state index contributed by atoms with van der Waals surface area (Å²) in [7, 11) is 0. The number of carboxylic acids is 1. The molecule has 0 aliphatic heterocycles. The van der Waals surface area contributed by atoms with E-state index in [-0.39, 0.29) is 6.42 Å². The Morgan fingerprint density at radius 2 is 1.68 bits per heavy atom. The highest BCUT2D eigenvalue weighted by Crippen LogP contribution is 2.02. The number of carbonyl (C=O) groups excluding carboxylic acids is 3. The van der Waals surface area contributed by atoms with Gasteiger partial charge in [-0.3, -0.25) is 14.4 Å². The number of nitrogens with two attached hydrogens (primary N) is 1. The molecular formula is C13H24N4O7S. The lowest BCUT2D eigenvalue weighted by molar-refractivity contribution is -0.143. The van der Waals surface area contributed by atoms with Crippen molar-refractivity contribution >= 4 is 35.5 Å². The van der Waals surface area contributed by atoms with Gasteiger partial charge in [-0.05, 0) is 18.4 Å². The first-order valence-corrected chi connectivity index (χ1v) is 8.72. The van der Waals surface area contributed by atoms with E-state index in [0.29, 0.717) is 5.75 Å². The number of amides is 3. The molecule has 0 aromatic rings. The van der Waals surface area contributed by atoms with Crippen molar-refractivity contribution in [2.24, 2.45) is 5.73 Å². The minimum absolute atomic E-state index is 0.223. The monoisotopic (exact) mass is 380 g/mol. The Morgan fingerprint density at radius 1 is 1.04 bits per heavy atom. The SMILES string of the molecule is CSCCC(NC(=O)CNC(=O)C(N)CO)C(=O)NC(CO)C(=O)O. The van der Waals surface area contributed by atoms with Gasteiger partial charge in [-0.15, -0.1) is 0 Å². The van der Waals surface area contributed by atoms with Gasteiger partial charge in [-0.25, -0.2) is 4.79 Å². The lowest BCUT2D eigenvalue weighted by Gasteiger charge is -2.20. The van der Waals surface area contributed by atoms with Gasteiger partial charge in [0.1, 0.15) is 18.1 Å². The Morgan fingerprint density at radius 3 is 2.16 bits per heavy atom. The highest BCUT2D eigenvalue weighted by atomic mass is 32.2. The normalized spacial score (nSPS) is 14.1. The maximum absolute atomic E-state index is 12.1. The van der Waals surface area contributed by atoms with Crippen LogP contribution in [0.2, 0.25) is 0 Å². The Labute approximate surface area is 148 Å². The molecule has 0 aromatic carbocycles. The number of aliphatic carboxylic acids is 1. The summed E-state index contributed by atoms with van der Waals surface area (Å²) in [5.41, 5.74) is 5.28. The molecule has 0 bridgehead atoms. The van der Waals surface area contributed by atoms with E-state index < -0.39 is 61.6 Å². The molecule has 3 unspecified atom stereocenters. The topological polar surface area (TPSA) is 191 Å². The molecule has 0 fully saturated rings. The summed E-state index contributed by atoms with van der Waals surface area (Å²) < 4.78 is 0. The van der Waals surface area contributed by atoms with Crippen molar-refractivity contribution in [3.8, 4) is 0 Å². The highest BCUT2D eigenvalue weighted by molar-refractivity contribution is 7.98. The van der Waals surface area contributed by atoms with Crippen LogP contribution in [0.1, 0.15) is 6.42 Å². The number of carbonyl (C=O) groups is 4. The summed E-state index contributed by atoms with van der Waals surface area (Å²) >= 11 is 1.42. The largest absolute Gasteiger partial charge is 0.480 e. The van der Waals surface area contributed by atoms with Gasteiger partial charge in [0, 0.05) is 0 Å². The predicted octanol–water partition coefficient (Wildman–Crippen LogP) is -3.78. The first kappa shape index (κ1) is 23.1. The van der Waals surface area contributed by atoms with Gasteiger partial charge in [-0.1, -0.05) is 0 Å². The number of hydrogen-bond donors (Lipinski definition) is 7. The zero-order chi connectivity index (χ0) is 19.4. The molecular weight excluding hydrogens is 356 g/mol. The van der Waals surface area contributed by atoms with Crippen molar-refractivity contribution in [1.29, 1.82) is 0 Å². The molecule has 3 amide bonds. The standard InChI is InChI=1S/C13H24N4O7S/c1-25-3-2-8(12(22)17-9(6-19)13(23)24)16-10(20)4-15-11(21)7(14)5-18/h7-9,18-19H,2-6,14H2,1H3,(H,15,21)(H,16,20)(H,17,22)(H,23,24). The maximum atomic E-state index is 12.1. The Kier molecular flexibility index (Phi) is 11.5. The molecule has 0 heterocycles. The lowest BCUT2D eigenvalue weighted by atomic mass is 10.2. The van der Waals surface area contributed by atoms with Crippen LogP contribution in [0.5, 0.6) is 0 Å². The van der Waals surface area contributed by atoms with Crippen molar-refractivity contribution in [2.45, 2.75) is 24.5 Å². The summed E-state index contributed by atoms with van der Waals surface area (Å²) in [6, 6.07) is -3.68. The van der Waals surface area contributed by atoms with E-state index in [9.17, 15) is 19.2 Å². The van der Waals surface area contributed by atoms with Gasteiger partial charge in [0.2, 0.25) is 17.7 Å². The summed E-state index contributed by atoms with van der Waals surface area (Å²) in [6.07, 6.45) is 2.02. The van der Waals surface area contributed by atoms with E-state index in [0.717, 1.165) is 0 Å². The van der Waals surface area contributed by atoms with Crippen LogP contribution in [0.15, 0.2) is 0 Å². The molecule has 11 nitrogen and oxygen atoms in total. The number of carboxylic acid groups (broad SMARTS) is 1. The van der Waals surface area contributed by atoms with E-state index in [1.165, 1.54) is 11.8 Å². The van der Waals surface area contributed by atoms with Crippen molar-refractivity contribution in [3.63, 3.8) is 0 Å². The number of aliphatic hydroxyl groups excluding tert-OH is 2. The molecule has 12 heteroatoms. The van der Waals surface area contributed by atoms with Crippen LogP contribution in [0.3, 0.4) is 0 Å². The van der Waals surface area contributed by atoms with E-state index in [1.54, 1.807) is 6.26 Å². The van der Waals surface area contributed by atoms with Crippen LogP contribution in [-0.2, 0) is 19.2 Å². The molecule has 0 spiro atoms. The quantitative estimate of drug-likeness (QED) is 0.178. The second kappa shape index (κ2) is 12.5. The Balaban J connectivity index is 4.69. The average Bonchev–Trinajstić information content (AvgIpc) is 2.59. The number of nitrogens with one attached hydrogen (secondary N) is 3. The fraction of sp³-hybridized carbons (Fsp3) is 0.692. The van der Waals surface area contributed by atoms with Crippen LogP contribution < -0.4 is 21.7 Å². The van der Waals surface area contributed by atoms with Crippen LogP contribution in [-0.4, -0.2) is 88.9 Å². The van der Waals surface area contributed by atoms with Gasteiger partial charge in [0.25, 0.3) is 0 Å². The molecule has 0 aliphatic carbocycles. The van der Waals surface area contributed by atoms with Crippen molar-refractivity contribution in [1.82, 2.24) is 16.0 Å². The molecule has 0 saturated carbocycles. The van der Waals surface area contributed by atoms with Crippen LogP contribution in [0.25, 0.3) is 0 Å². The second-order valence-electron chi connectivity index (χ2n) is 4.99. The third-order valence-corrected chi connectivity index (χ3v) is 3.66. The zero-order valence-electron chi connectivity index (χ0n) is 13.7. The van der Waals surface area contributed by atoms with Crippen molar-refractivity contribution in [3.05, 3.63) is 0 Å². The number of rotatable bonds is 12. The average molecular weight is 380 g/mol. The number of thioether (sulfide) groups is 1. The summed E-state index contributed by atoms with van der Waals surface area (Å²) in [5.74, 6) is -3.07. The van der Waals surface area contributed by atoms with Gasteiger partial charge in [-0.2, -0.15) is 11.8 Å². The van der Waals surface area contributed by atoms with Gasteiger partial charge in [0.05, 0.1) is 19.8 Å². The summed E-state index contributed by atoms with van der Waals surface area (Å²) in [6.45, 7) is -1.83. The number of aliphatic hydroxyl groups is 2. The molecule has 0 aliphatic rings. The Bertz CT molecular complexity index is 477. The molecule has 3 atom stereocenters. The number of hydrogen-bond acceptors (Lipinski definition) is 8. The molecule has 0 saturated heterocycles. The van der Waals surface area contributed by atoms with Crippen LogP contribution in [0, 0.1) is 0 Å². The summed E-state index contributed by atoms with van der Waals surface area (Å²) in [5, 5.41) is 33.2. The molecule has 144 valence electrons. The van der Waals surface area contributed by atoms with E-state index in [1.807, 2.05) is 0 Å². The third kappa shape index (κ3) is 9.24. The van der Waals surface area contributed by atoms with Gasteiger partial charge in [0.15, 0.2) is 0 Å². The minimum atomic E-state index is -1.48.